The van der Waals surface area contributed by atoms with Crippen molar-refractivity contribution in [2.45, 2.75) is 24.8 Å². The standard InChI is InChI=1S/C22H23NO2/c1-2-6-17(7-3-1)22(21-9-5-15-24-21)18-10-12-20(13-11-18)25-16-19-8-4-14-23-19/h1-3,5-7,9-13,15,19,22-23H,4,8,14,16H2/t19-,22?/m1/s1. The molecule has 2 atom stereocenters. The summed E-state index contributed by atoms with van der Waals surface area (Å²) in [5, 5.41) is 3.46. The van der Waals surface area contributed by atoms with E-state index >= 15 is 0 Å². The lowest BCUT2D eigenvalue weighted by Gasteiger charge is -2.17. The molecular weight excluding hydrogens is 310 g/mol. The van der Waals surface area contributed by atoms with Crippen molar-refractivity contribution in [1.29, 1.82) is 0 Å². The summed E-state index contributed by atoms with van der Waals surface area (Å²) in [7, 11) is 0. The first-order valence-corrected chi connectivity index (χ1v) is 8.94. The number of furan rings is 1. The molecule has 1 saturated heterocycles. The zero-order chi connectivity index (χ0) is 16.9. The molecule has 25 heavy (non-hydrogen) atoms. The molecule has 3 aromatic rings. The van der Waals surface area contributed by atoms with E-state index in [4.69, 9.17) is 9.15 Å². The molecule has 0 radical (unpaired) electrons. The third-order valence-electron chi connectivity index (χ3n) is 4.79. The Kier molecular flexibility index (Phi) is 4.84. The number of hydrogen-bond donors (Lipinski definition) is 1. The summed E-state index contributed by atoms with van der Waals surface area (Å²) < 4.78 is 11.6. The van der Waals surface area contributed by atoms with Crippen LogP contribution in [0.5, 0.6) is 5.75 Å². The maximum Gasteiger partial charge on any atom is 0.119 e. The van der Waals surface area contributed by atoms with Crippen molar-refractivity contribution in [3.8, 4) is 5.75 Å². The Morgan fingerprint density at radius 1 is 0.960 bits per heavy atom. The van der Waals surface area contributed by atoms with Gasteiger partial charge in [0.25, 0.3) is 0 Å². The zero-order valence-electron chi connectivity index (χ0n) is 14.2. The maximum atomic E-state index is 5.94. The first kappa shape index (κ1) is 16.0. The van der Waals surface area contributed by atoms with E-state index in [9.17, 15) is 0 Å². The van der Waals surface area contributed by atoms with Gasteiger partial charge in [0.05, 0.1) is 12.2 Å². The minimum Gasteiger partial charge on any atom is -0.492 e. The fourth-order valence-corrected chi connectivity index (χ4v) is 3.47. The smallest absolute Gasteiger partial charge is 0.119 e. The topological polar surface area (TPSA) is 34.4 Å². The van der Waals surface area contributed by atoms with Crippen molar-refractivity contribution < 1.29 is 9.15 Å². The molecule has 1 aliphatic heterocycles. The van der Waals surface area contributed by atoms with Crippen molar-refractivity contribution in [3.63, 3.8) is 0 Å². The Labute approximate surface area is 148 Å². The zero-order valence-corrected chi connectivity index (χ0v) is 14.2. The quantitative estimate of drug-likeness (QED) is 0.716. The third-order valence-corrected chi connectivity index (χ3v) is 4.79. The molecule has 2 heterocycles. The van der Waals surface area contributed by atoms with Crippen LogP contribution in [0.2, 0.25) is 0 Å². The van der Waals surface area contributed by atoms with Gasteiger partial charge in [0.2, 0.25) is 0 Å². The van der Waals surface area contributed by atoms with Crippen LogP contribution in [0.3, 0.4) is 0 Å². The Morgan fingerprint density at radius 3 is 2.44 bits per heavy atom. The molecule has 1 aromatic heterocycles. The molecule has 0 saturated carbocycles. The van der Waals surface area contributed by atoms with E-state index < -0.39 is 0 Å². The molecule has 1 N–H and O–H groups in total. The van der Waals surface area contributed by atoms with Crippen molar-refractivity contribution in [1.82, 2.24) is 5.32 Å². The SMILES string of the molecule is c1ccc(C(c2ccc(OC[C@H]3CCCN3)cc2)c2ccco2)cc1. The van der Waals surface area contributed by atoms with Crippen LogP contribution >= 0.6 is 0 Å². The van der Waals surface area contributed by atoms with E-state index in [2.05, 4.69) is 53.8 Å². The summed E-state index contributed by atoms with van der Waals surface area (Å²) in [6.07, 6.45) is 4.18. The summed E-state index contributed by atoms with van der Waals surface area (Å²) in [5.41, 5.74) is 2.42. The predicted molar refractivity (Wildman–Crippen MR) is 99.1 cm³/mol. The van der Waals surface area contributed by atoms with Crippen LogP contribution in [0.4, 0.5) is 0 Å². The van der Waals surface area contributed by atoms with Gasteiger partial charge in [-0.05, 0) is 54.8 Å². The van der Waals surface area contributed by atoms with Gasteiger partial charge in [0.15, 0.2) is 0 Å². The summed E-state index contributed by atoms with van der Waals surface area (Å²) in [6.45, 7) is 1.84. The van der Waals surface area contributed by atoms with Gasteiger partial charge in [-0.15, -0.1) is 0 Å². The Morgan fingerprint density at radius 2 is 1.76 bits per heavy atom. The number of rotatable bonds is 6. The van der Waals surface area contributed by atoms with Crippen LogP contribution in [-0.2, 0) is 0 Å². The van der Waals surface area contributed by atoms with Crippen LogP contribution in [-0.4, -0.2) is 19.2 Å². The number of benzene rings is 2. The van der Waals surface area contributed by atoms with Crippen molar-refractivity contribution >= 4 is 0 Å². The van der Waals surface area contributed by atoms with E-state index in [1.807, 2.05) is 18.2 Å². The first-order chi connectivity index (χ1) is 12.4. The van der Waals surface area contributed by atoms with E-state index in [-0.39, 0.29) is 5.92 Å². The van der Waals surface area contributed by atoms with Crippen LogP contribution in [0.25, 0.3) is 0 Å². The van der Waals surface area contributed by atoms with Gasteiger partial charge in [0, 0.05) is 6.04 Å². The molecule has 4 rings (SSSR count). The molecular formula is C22H23NO2. The minimum absolute atomic E-state index is 0.0988. The highest BCUT2D eigenvalue weighted by atomic mass is 16.5. The fourth-order valence-electron chi connectivity index (χ4n) is 3.47. The van der Waals surface area contributed by atoms with Gasteiger partial charge in [0.1, 0.15) is 18.1 Å². The second-order valence-corrected chi connectivity index (χ2v) is 6.53. The van der Waals surface area contributed by atoms with Crippen LogP contribution in [0.15, 0.2) is 77.4 Å². The Balaban J connectivity index is 1.53. The number of ether oxygens (including phenoxy) is 1. The predicted octanol–water partition coefficient (Wildman–Crippen LogP) is 4.59. The summed E-state index contributed by atoms with van der Waals surface area (Å²) in [4.78, 5) is 0. The summed E-state index contributed by atoms with van der Waals surface area (Å²) in [5.74, 6) is 1.97. The van der Waals surface area contributed by atoms with E-state index in [1.165, 1.54) is 24.0 Å². The van der Waals surface area contributed by atoms with Gasteiger partial charge >= 0.3 is 0 Å². The molecule has 1 fully saturated rings. The Bertz CT molecular complexity index is 760. The second kappa shape index (κ2) is 7.58. The minimum atomic E-state index is 0.0988. The lowest BCUT2D eigenvalue weighted by Crippen LogP contribution is -2.28. The van der Waals surface area contributed by atoms with E-state index in [0.717, 1.165) is 24.7 Å². The van der Waals surface area contributed by atoms with Crippen LogP contribution < -0.4 is 10.1 Å². The van der Waals surface area contributed by atoms with E-state index in [0.29, 0.717) is 6.04 Å². The molecule has 0 bridgehead atoms. The molecule has 1 aliphatic rings. The number of nitrogens with one attached hydrogen (secondary N) is 1. The number of hydrogen-bond acceptors (Lipinski definition) is 3. The van der Waals surface area contributed by atoms with Crippen LogP contribution in [0.1, 0.15) is 35.6 Å². The highest BCUT2D eigenvalue weighted by Crippen LogP contribution is 2.33. The van der Waals surface area contributed by atoms with Crippen molar-refractivity contribution in [2.75, 3.05) is 13.2 Å². The molecule has 1 unspecified atom stereocenters. The van der Waals surface area contributed by atoms with Crippen molar-refractivity contribution in [2.24, 2.45) is 0 Å². The monoisotopic (exact) mass is 333 g/mol. The van der Waals surface area contributed by atoms with Gasteiger partial charge in [-0.2, -0.15) is 0 Å². The molecule has 3 nitrogen and oxygen atoms in total. The molecule has 0 spiro atoms. The highest BCUT2D eigenvalue weighted by Gasteiger charge is 2.19. The third kappa shape index (κ3) is 3.77. The average molecular weight is 333 g/mol. The molecule has 3 heteroatoms. The van der Waals surface area contributed by atoms with Crippen LogP contribution in [0, 0.1) is 0 Å². The fraction of sp³-hybridized carbons (Fsp3) is 0.273. The van der Waals surface area contributed by atoms with Crippen molar-refractivity contribution in [3.05, 3.63) is 89.9 Å². The highest BCUT2D eigenvalue weighted by molar-refractivity contribution is 5.41. The lowest BCUT2D eigenvalue weighted by molar-refractivity contribution is 0.277. The Hall–Kier alpha value is -2.52. The molecule has 0 aliphatic carbocycles. The lowest BCUT2D eigenvalue weighted by atomic mass is 9.89. The molecule has 128 valence electrons. The average Bonchev–Trinajstić information content (AvgIpc) is 3.36. The van der Waals surface area contributed by atoms with Gasteiger partial charge in [-0.1, -0.05) is 42.5 Å². The van der Waals surface area contributed by atoms with Gasteiger partial charge in [-0.3, -0.25) is 0 Å². The van der Waals surface area contributed by atoms with E-state index in [1.54, 1.807) is 6.26 Å². The maximum absolute atomic E-state index is 5.94. The second-order valence-electron chi connectivity index (χ2n) is 6.53. The molecule has 0 amide bonds. The summed E-state index contributed by atoms with van der Waals surface area (Å²) in [6, 6.07) is 23.3. The largest absolute Gasteiger partial charge is 0.492 e. The van der Waals surface area contributed by atoms with Gasteiger partial charge in [-0.25, -0.2) is 0 Å². The summed E-state index contributed by atoms with van der Waals surface area (Å²) >= 11 is 0. The first-order valence-electron chi connectivity index (χ1n) is 8.94. The van der Waals surface area contributed by atoms with Gasteiger partial charge < -0.3 is 14.5 Å². The normalized spacial score (nSPS) is 18.2. The molecule has 2 aromatic carbocycles.